The molecule has 2 rings (SSSR count). The van der Waals surface area contributed by atoms with Crippen LogP contribution in [0.25, 0.3) is 0 Å². The van der Waals surface area contributed by atoms with Crippen LogP contribution >= 0.6 is 11.6 Å². The van der Waals surface area contributed by atoms with Crippen molar-refractivity contribution in [1.82, 2.24) is 4.90 Å². The number of rotatable bonds is 5. The highest BCUT2D eigenvalue weighted by Gasteiger charge is 2.16. The van der Waals surface area contributed by atoms with E-state index in [1.54, 1.807) is 12.1 Å². The summed E-state index contributed by atoms with van der Waals surface area (Å²) >= 11 is 5.88. The van der Waals surface area contributed by atoms with Crippen LogP contribution in [0.4, 0.5) is 5.69 Å². The summed E-state index contributed by atoms with van der Waals surface area (Å²) in [4.78, 5) is 25.7. The van der Waals surface area contributed by atoms with E-state index in [1.165, 1.54) is 17.4 Å². The van der Waals surface area contributed by atoms with Crippen molar-refractivity contribution in [2.75, 3.05) is 11.9 Å². The summed E-state index contributed by atoms with van der Waals surface area (Å²) in [6.45, 7) is 8.25. The molecule has 0 aliphatic rings. The first-order valence-corrected chi connectivity index (χ1v) is 8.93. The second kappa shape index (κ2) is 8.37. The summed E-state index contributed by atoms with van der Waals surface area (Å²) in [5, 5.41) is 3.49. The van der Waals surface area contributed by atoms with Crippen molar-refractivity contribution in [3.8, 4) is 0 Å². The maximum absolute atomic E-state index is 12.3. The molecule has 0 heterocycles. The molecule has 0 bridgehead atoms. The van der Waals surface area contributed by atoms with Crippen LogP contribution in [0.1, 0.15) is 38.8 Å². The molecule has 0 radical (unpaired) electrons. The Labute approximate surface area is 160 Å². The van der Waals surface area contributed by atoms with Gasteiger partial charge in [-0.2, -0.15) is 0 Å². The molecular weight excluding hydrogens is 348 g/mol. The highest BCUT2D eigenvalue weighted by Crippen LogP contribution is 2.23. The zero-order valence-electron chi connectivity index (χ0n) is 15.7. The van der Waals surface area contributed by atoms with Gasteiger partial charge in [-0.1, -0.05) is 56.6 Å². The lowest BCUT2D eigenvalue weighted by atomic mass is 9.87. The van der Waals surface area contributed by atoms with Gasteiger partial charge in [0, 0.05) is 24.2 Å². The number of anilines is 1. The SMILES string of the molecule is CC(=O)N(CC(=O)Nc1ccc(C(C)(C)C)cc1)Cc1ccc(Cl)cc1. The van der Waals surface area contributed by atoms with Gasteiger partial charge < -0.3 is 10.2 Å². The first-order chi connectivity index (χ1) is 12.1. The molecule has 2 amide bonds. The number of hydrogen-bond donors (Lipinski definition) is 1. The number of hydrogen-bond acceptors (Lipinski definition) is 2. The lowest BCUT2D eigenvalue weighted by Crippen LogP contribution is -2.36. The quantitative estimate of drug-likeness (QED) is 0.832. The van der Waals surface area contributed by atoms with E-state index in [0.29, 0.717) is 11.6 Å². The Morgan fingerprint density at radius 2 is 1.58 bits per heavy atom. The summed E-state index contributed by atoms with van der Waals surface area (Å²) in [6.07, 6.45) is 0. The number of halogens is 1. The molecule has 0 fully saturated rings. The van der Waals surface area contributed by atoms with Crippen molar-refractivity contribution in [2.24, 2.45) is 0 Å². The van der Waals surface area contributed by atoms with Gasteiger partial charge in [0.1, 0.15) is 6.54 Å². The molecule has 26 heavy (non-hydrogen) atoms. The van der Waals surface area contributed by atoms with Crippen molar-refractivity contribution in [2.45, 2.75) is 39.7 Å². The smallest absolute Gasteiger partial charge is 0.244 e. The summed E-state index contributed by atoms with van der Waals surface area (Å²) < 4.78 is 0. The van der Waals surface area contributed by atoms with E-state index in [0.717, 1.165) is 11.3 Å². The van der Waals surface area contributed by atoms with E-state index in [1.807, 2.05) is 36.4 Å². The molecule has 4 nitrogen and oxygen atoms in total. The molecule has 138 valence electrons. The minimum atomic E-state index is -0.224. The van der Waals surface area contributed by atoms with E-state index in [9.17, 15) is 9.59 Å². The Morgan fingerprint density at radius 1 is 1.00 bits per heavy atom. The lowest BCUT2D eigenvalue weighted by Gasteiger charge is -2.21. The van der Waals surface area contributed by atoms with Crippen LogP contribution in [-0.2, 0) is 21.5 Å². The molecule has 5 heteroatoms. The van der Waals surface area contributed by atoms with E-state index < -0.39 is 0 Å². The molecule has 2 aromatic rings. The Balaban J connectivity index is 1.99. The van der Waals surface area contributed by atoms with Crippen LogP contribution < -0.4 is 5.32 Å². The van der Waals surface area contributed by atoms with Gasteiger partial charge in [-0.25, -0.2) is 0 Å². The molecule has 0 saturated heterocycles. The summed E-state index contributed by atoms with van der Waals surface area (Å²) in [6, 6.07) is 15.0. The third kappa shape index (κ3) is 5.88. The van der Waals surface area contributed by atoms with Crippen molar-refractivity contribution in [3.63, 3.8) is 0 Å². The van der Waals surface area contributed by atoms with Gasteiger partial charge in [0.2, 0.25) is 11.8 Å². The fourth-order valence-electron chi connectivity index (χ4n) is 2.52. The number of benzene rings is 2. The number of amides is 2. The molecule has 0 aliphatic heterocycles. The third-order valence-corrected chi connectivity index (χ3v) is 4.35. The van der Waals surface area contributed by atoms with E-state index >= 15 is 0 Å². The van der Waals surface area contributed by atoms with Gasteiger partial charge in [0.25, 0.3) is 0 Å². The lowest BCUT2D eigenvalue weighted by molar-refractivity contribution is -0.133. The van der Waals surface area contributed by atoms with Crippen molar-refractivity contribution < 1.29 is 9.59 Å². The topological polar surface area (TPSA) is 49.4 Å². The molecule has 0 spiro atoms. The van der Waals surface area contributed by atoms with Gasteiger partial charge in [0.05, 0.1) is 0 Å². The van der Waals surface area contributed by atoms with Gasteiger partial charge in [-0.05, 0) is 40.8 Å². The van der Waals surface area contributed by atoms with Crippen LogP contribution in [0.3, 0.4) is 0 Å². The second-order valence-corrected chi connectivity index (χ2v) is 7.81. The highest BCUT2D eigenvalue weighted by molar-refractivity contribution is 6.30. The Hall–Kier alpha value is -2.33. The van der Waals surface area contributed by atoms with Gasteiger partial charge in [-0.15, -0.1) is 0 Å². The molecule has 2 aromatic carbocycles. The van der Waals surface area contributed by atoms with Crippen LogP contribution in [0.2, 0.25) is 5.02 Å². The van der Waals surface area contributed by atoms with E-state index in [-0.39, 0.29) is 23.8 Å². The summed E-state index contributed by atoms with van der Waals surface area (Å²) in [5.74, 6) is -0.379. The maximum atomic E-state index is 12.3. The van der Waals surface area contributed by atoms with Crippen molar-refractivity contribution in [1.29, 1.82) is 0 Å². The van der Waals surface area contributed by atoms with Crippen LogP contribution in [0.15, 0.2) is 48.5 Å². The van der Waals surface area contributed by atoms with Crippen molar-refractivity contribution >= 4 is 29.1 Å². The highest BCUT2D eigenvalue weighted by atomic mass is 35.5. The van der Waals surface area contributed by atoms with Gasteiger partial charge >= 0.3 is 0 Å². The van der Waals surface area contributed by atoms with E-state index in [4.69, 9.17) is 11.6 Å². The first-order valence-electron chi connectivity index (χ1n) is 8.55. The Kier molecular flexibility index (Phi) is 6.43. The molecule has 0 atom stereocenters. The zero-order chi connectivity index (χ0) is 19.3. The van der Waals surface area contributed by atoms with Gasteiger partial charge in [0.15, 0.2) is 0 Å². The monoisotopic (exact) mass is 372 g/mol. The standard InChI is InChI=1S/C21H25ClN2O2/c1-15(25)24(13-16-5-9-18(22)10-6-16)14-20(26)23-19-11-7-17(8-12-19)21(2,3)4/h5-12H,13-14H2,1-4H3,(H,23,26). The molecule has 1 N–H and O–H groups in total. The first kappa shape index (κ1) is 20.0. The third-order valence-electron chi connectivity index (χ3n) is 4.10. The van der Waals surface area contributed by atoms with Crippen LogP contribution in [0.5, 0.6) is 0 Å². The minimum absolute atomic E-state index is 0.00101. The molecule has 0 aliphatic carbocycles. The summed E-state index contributed by atoms with van der Waals surface area (Å²) in [7, 11) is 0. The average molecular weight is 373 g/mol. The second-order valence-electron chi connectivity index (χ2n) is 7.38. The summed E-state index contributed by atoms with van der Waals surface area (Å²) in [5.41, 5.74) is 2.90. The predicted octanol–water partition coefficient (Wildman–Crippen LogP) is 4.62. The fraction of sp³-hybridized carbons (Fsp3) is 0.333. The molecule has 0 aromatic heterocycles. The Bertz CT molecular complexity index is 762. The normalized spacial score (nSPS) is 11.1. The number of nitrogens with zero attached hydrogens (tertiary/aromatic N) is 1. The number of carbonyl (C=O) groups excluding carboxylic acids is 2. The average Bonchev–Trinajstić information content (AvgIpc) is 2.55. The Morgan fingerprint density at radius 3 is 2.08 bits per heavy atom. The number of nitrogens with one attached hydrogen (secondary N) is 1. The van der Waals surface area contributed by atoms with Crippen LogP contribution in [0, 0.1) is 0 Å². The molecular formula is C21H25ClN2O2. The van der Waals surface area contributed by atoms with Crippen LogP contribution in [-0.4, -0.2) is 23.3 Å². The van der Waals surface area contributed by atoms with E-state index in [2.05, 4.69) is 26.1 Å². The minimum Gasteiger partial charge on any atom is -0.329 e. The maximum Gasteiger partial charge on any atom is 0.244 e. The molecule has 0 unspecified atom stereocenters. The fourth-order valence-corrected chi connectivity index (χ4v) is 2.64. The predicted molar refractivity (Wildman–Crippen MR) is 106 cm³/mol. The van der Waals surface area contributed by atoms with Gasteiger partial charge in [-0.3, -0.25) is 9.59 Å². The number of carbonyl (C=O) groups is 2. The molecule has 0 saturated carbocycles. The largest absolute Gasteiger partial charge is 0.329 e. The van der Waals surface area contributed by atoms with Crippen molar-refractivity contribution in [3.05, 3.63) is 64.7 Å². The zero-order valence-corrected chi connectivity index (χ0v) is 16.4.